The molecule has 0 spiro atoms. The summed E-state index contributed by atoms with van der Waals surface area (Å²) in [6.07, 6.45) is 0. The zero-order valence-corrected chi connectivity index (χ0v) is 13.5. The van der Waals surface area contributed by atoms with E-state index >= 15 is 0 Å². The summed E-state index contributed by atoms with van der Waals surface area (Å²) in [6.45, 7) is 6.15. The lowest BCUT2D eigenvalue weighted by atomic mass is 10.0. The molecule has 0 aliphatic heterocycles. The lowest BCUT2D eigenvalue weighted by Gasteiger charge is -2.13. The molecule has 0 radical (unpaired) electrons. The number of Topliss-reactive ketones (excluding diaryl/α,β-unsaturated/α-hetero) is 1. The summed E-state index contributed by atoms with van der Waals surface area (Å²) in [5, 5.41) is 0. The highest BCUT2D eigenvalue weighted by Crippen LogP contribution is 2.26. The topological polar surface area (TPSA) is 26.3 Å². The van der Waals surface area contributed by atoms with Crippen molar-refractivity contribution in [1.82, 2.24) is 0 Å². The summed E-state index contributed by atoms with van der Waals surface area (Å²) in [4.78, 5) is 11.6. The van der Waals surface area contributed by atoms with Crippen LogP contribution in [0.25, 0.3) is 0 Å². The van der Waals surface area contributed by atoms with Gasteiger partial charge >= 0.3 is 0 Å². The Kier molecular flexibility index (Phi) is 4.61. The van der Waals surface area contributed by atoms with Gasteiger partial charge in [-0.15, -0.1) is 0 Å². The molecule has 0 bridgehead atoms. The highest BCUT2D eigenvalue weighted by molar-refractivity contribution is 9.10. The smallest absolute Gasteiger partial charge is 0.163 e. The predicted octanol–water partition coefficient (Wildman–Crippen LogP) is 4.85. The molecule has 0 atom stereocenters. The van der Waals surface area contributed by atoms with Crippen molar-refractivity contribution in [3.05, 3.63) is 63.1 Å². The fraction of sp³-hybridized carbons (Fsp3) is 0.235. The molecule has 2 aromatic carbocycles. The van der Waals surface area contributed by atoms with E-state index in [0.29, 0.717) is 17.9 Å². The first-order chi connectivity index (χ1) is 9.49. The van der Waals surface area contributed by atoms with Crippen LogP contribution in [0.2, 0.25) is 0 Å². The number of carbonyl (C=O) groups excluding carboxylic acids is 1. The van der Waals surface area contributed by atoms with Crippen LogP contribution in [0, 0.1) is 13.8 Å². The maximum Gasteiger partial charge on any atom is 0.163 e. The third-order valence-electron chi connectivity index (χ3n) is 3.34. The summed E-state index contributed by atoms with van der Waals surface area (Å²) in [5.41, 5.74) is 4.18. The highest BCUT2D eigenvalue weighted by Gasteiger charge is 2.10. The van der Waals surface area contributed by atoms with Gasteiger partial charge in [0.05, 0.1) is 5.56 Å². The van der Waals surface area contributed by atoms with E-state index in [9.17, 15) is 4.79 Å². The Morgan fingerprint density at radius 2 is 1.80 bits per heavy atom. The van der Waals surface area contributed by atoms with Crippen LogP contribution in [0.3, 0.4) is 0 Å². The number of aryl methyl sites for hydroxylation is 2. The van der Waals surface area contributed by atoms with E-state index < -0.39 is 0 Å². The molecule has 2 aromatic rings. The minimum atomic E-state index is 0.00834. The second kappa shape index (κ2) is 6.23. The standard InChI is InChI=1S/C17H17BrO2/c1-11-5-4-6-12(2)16(11)10-20-17-9-14(18)7-8-15(17)13(3)19/h4-9H,10H2,1-3H3. The van der Waals surface area contributed by atoms with E-state index in [-0.39, 0.29) is 5.78 Å². The van der Waals surface area contributed by atoms with Gasteiger partial charge in [0.2, 0.25) is 0 Å². The molecule has 0 saturated heterocycles. The molecule has 0 aliphatic carbocycles. The van der Waals surface area contributed by atoms with Gasteiger partial charge in [-0.1, -0.05) is 34.1 Å². The van der Waals surface area contributed by atoms with Crippen molar-refractivity contribution < 1.29 is 9.53 Å². The predicted molar refractivity (Wildman–Crippen MR) is 84.4 cm³/mol. The molecule has 0 aromatic heterocycles. The normalized spacial score (nSPS) is 10.4. The van der Waals surface area contributed by atoms with E-state index in [1.54, 1.807) is 13.0 Å². The van der Waals surface area contributed by atoms with Crippen LogP contribution in [0.4, 0.5) is 0 Å². The van der Waals surface area contributed by atoms with Crippen LogP contribution in [0.5, 0.6) is 5.75 Å². The van der Waals surface area contributed by atoms with Gasteiger partial charge in [0, 0.05) is 4.47 Å². The van der Waals surface area contributed by atoms with Crippen molar-refractivity contribution >= 4 is 21.7 Å². The highest BCUT2D eigenvalue weighted by atomic mass is 79.9. The number of carbonyl (C=O) groups is 1. The molecule has 0 aliphatic rings. The van der Waals surface area contributed by atoms with Crippen LogP contribution in [0.1, 0.15) is 34.0 Å². The second-order valence-electron chi connectivity index (χ2n) is 4.86. The van der Waals surface area contributed by atoms with Gasteiger partial charge in [-0.3, -0.25) is 4.79 Å². The fourth-order valence-electron chi connectivity index (χ4n) is 2.13. The van der Waals surface area contributed by atoms with Crippen molar-refractivity contribution in [2.75, 3.05) is 0 Å². The number of rotatable bonds is 4. The van der Waals surface area contributed by atoms with Crippen molar-refractivity contribution in [2.24, 2.45) is 0 Å². The molecular formula is C17H17BrO2. The second-order valence-corrected chi connectivity index (χ2v) is 5.77. The Bertz CT molecular complexity index is 627. The van der Waals surface area contributed by atoms with Gasteiger partial charge in [-0.05, 0) is 55.7 Å². The van der Waals surface area contributed by atoms with E-state index in [2.05, 4.69) is 41.9 Å². The van der Waals surface area contributed by atoms with Gasteiger partial charge < -0.3 is 4.74 Å². The maximum atomic E-state index is 11.6. The Morgan fingerprint density at radius 3 is 2.40 bits per heavy atom. The van der Waals surface area contributed by atoms with Gasteiger partial charge in [0.25, 0.3) is 0 Å². The molecule has 0 saturated carbocycles. The first kappa shape index (κ1) is 14.8. The maximum absolute atomic E-state index is 11.6. The summed E-state index contributed by atoms with van der Waals surface area (Å²) in [7, 11) is 0. The van der Waals surface area contributed by atoms with Crippen LogP contribution in [-0.2, 0) is 6.61 Å². The van der Waals surface area contributed by atoms with Crippen molar-refractivity contribution in [1.29, 1.82) is 0 Å². The Morgan fingerprint density at radius 1 is 1.15 bits per heavy atom. The van der Waals surface area contributed by atoms with E-state index in [4.69, 9.17) is 4.74 Å². The van der Waals surface area contributed by atoms with E-state index in [0.717, 1.165) is 4.47 Å². The number of ether oxygens (including phenoxy) is 1. The molecule has 3 heteroatoms. The molecule has 0 amide bonds. The van der Waals surface area contributed by atoms with Crippen LogP contribution >= 0.6 is 15.9 Å². The monoisotopic (exact) mass is 332 g/mol. The molecule has 0 unspecified atom stereocenters. The van der Waals surface area contributed by atoms with Crippen LogP contribution in [0.15, 0.2) is 40.9 Å². The molecule has 0 fully saturated rings. The summed E-state index contributed by atoms with van der Waals surface area (Å²) in [6, 6.07) is 11.6. The minimum Gasteiger partial charge on any atom is -0.488 e. The molecule has 0 heterocycles. The number of hydrogen-bond donors (Lipinski definition) is 0. The number of benzene rings is 2. The fourth-order valence-corrected chi connectivity index (χ4v) is 2.47. The summed E-state index contributed by atoms with van der Waals surface area (Å²) in [5.74, 6) is 0.628. The van der Waals surface area contributed by atoms with Gasteiger partial charge in [-0.25, -0.2) is 0 Å². The number of ketones is 1. The van der Waals surface area contributed by atoms with Gasteiger partial charge in [-0.2, -0.15) is 0 Å². The number of hydrogen-bond acceptors (Lipinski definition) is 2. The zero-order chi connectivity index (χ0) is 14.7. The minimum absolute atomic E-state index is 0.00834. The lowest BCUT2D eigenvalue weighted by Crippen LogP contribution is -2.04. The van der Waals surface area contributed by atoms with Crippen molar-refractivity contribution in [3.8, 4) is 5.75 Å². The average molecular weight is 333 g/mol. The third-order valence-corrected chi connectivity index (χ3v) is 3.83. The molecule has 2 rings (SSSR count). The average Bonchev–Trinajstić information content (AvgIpc) is 2.37. The Balaban J connectivity index is 2.27. The van der Waals surface area contributed by atoms with E-state index in [1.807, 2.05) is 18.2 Å². The van der Waals surface area contributed by atoms with Crippen molar-refractivity contribution in [2.45, 2.75) is 27.4 Å². The molecule has 20 heavy (non-hydrogen) atoms. The van der Waals surface area contributed by atoms with Crippen molar-refractivity contribution in [3.63, 3.8) is 0 Å². The Labute approximate surface area is 127 Å². The lowest BCUT2D eigenvalue weighted by molar-refractivity contribution is 0.101. The summed E-state index contributed by atoms with van der Waals surface area (Å²) >= 11 is 3.41. The molecular weight excluding hydrogens is 316 g/mol. The largest absolute Gasteiger partial charge is 0.488 e. The number of halogens is 1. The summed E-state index contributed by atoms with van der Waals surface area (Å²) < 4.78 is 6.78. The molecule has 104 valence electrons. The van der Waals surface area contributed by atoms with Crippen LogP contribution < -0.4 is 4.74 Å². The van der Waals surface area contributed by atoms with Gasteiger partial charge in [0.15, 0.2) is 5.78 Å². The SMILES string of the molecule is CC(=O)c1ccc(Br)cc1OCc1c(C)cccc1C. The molecule has 0 N–H and O–H groups in total. The molecule has 2 nitrogen and oxygen atoms in total. The first-order valence-corrected chi connectivity index (χ1v) is 7.26. The van der Waals surface area contributed by atoms with Crippen LogP contribution in [-0.4, -0.2) is 5.78 Å². The quantitative estimate of drug-likeness (QED) is 0.748. The van der Waals surface area contributed by atoms with Gasteiger partial charge in [0.1, 0.15) is 12.4 Å². The zero-order valence-electron chi connectivity index (χ0n) is 11.9. The Hall–Kier alpha value is -1.61. The van der Waals surface area contributed by atoms with E-state index in [1.165, 1.54) is 16.7 Å². The first-order valence-electron chi connectivity index (χ1n) is 6.47. The third kappa shape index (κ3) is 3.28.